The second kappa shape index (κ2) is 60.1. The summed E-state index contributed by atoms with van der Waals surface area (Å²) in [4.78, 5) is 0. The Labute approximate surface area is 747 Å². The molecule has 6 rings (SSSR count). The summed E-state index contributed by atoms with van der Waals surface area (Å²) in [7, 11) is -5.48. The predicted octanol–water partition coefficient (Wildman–Crippen LogP) is 37.1. The van der Waals surface area contributed by atoms with Gasteiger partial charge in [0.15, 0.2) is 0 Å². The van der Waals surface area contributed by atoms with Crippen molar-refractivity contribution in [2.75, 3.05) is 19.8 Å². The maximum Gasteiger partial charge on any atom is 0.463 e. The quantitative estimate of drug-likeness (QED) is 0.0274. The molecule has 9 nitrogen and oxygen atoms in total. The highest BCUT2D eigenvalue weighted by Crippen LogP contribution is 2.53. The monoisotopic (exact) mass is 1720 g/mol. The van der Waals surface area contributed by atoms with Crippen molar-refractivity contribution in [3.05, 3.63) is 176 Å². The van der Waals surface area contributed by atoms with Gasteiger partial charge in [-0.05, 0) is 212 Å². The molecule has 4 atom stereocenters. The van der Waals surface area contributed by atoms with E-state index in [1.807, 2.05) is 0 Å². The van der Waals surface area contributed by atoms with Crippen molar-refractivity contribution in [1.82, 2.24) is 0 Å². The Bertz CT molecular complexity index is 3510. The first-order valence-corrected chi connectivity index (χ1v) is 52.8. The average Bonchev–Trinajstić information content (AvgIpc) is 0.753. The topological polar surface area (TPSA) is 83.1 Å². The van der Waals surface area contributed by atoms with Gasteiger partial charge in [0.25, 0.3) is 0 Å². The molecule has 0 saturated carbocycles. The molecular weight excluding hydrogens is 1550 g/mol. The molecule has 0 saturated heterocycles. The van der Waals surface area contributed by atoms with E-state index < -0.39 is 25.8 Å². The Balaban J connectivity index is 1.45. The van der Waals surface area contributed by atoms with E-state index in [1.165, 1.54) is 270 Å². The number of hydrogen-bond donors (Lipinski definition) is 0. The van der Waals surface area contributed by atoms with Gasteiger partial charge in [-0.25, -0.2) is 0 Å². The van der Waals surface area contributed by atoms with Crippen LogP contribution in [0.4, 0.5) is 0 Å². The summed E-state index contributed by atoms with van der Waals surface area (Å²) in [6.07, 6.45) is 56.5. The third-order valence-electron chi connectivity index (χ3n) is 24.3. The highest BCUT2D eigenvalue weighted by atomic mass is 31.2. The van der Waals surface area contributed by atoms with Crippen molar-refractivity contribution in [1.29, 1.82) is 0 Å². The zero-order valence-corrected chi connectivity index (χ0v) is 83.4. The first-order valence-electron chi connectivity index (χ1n) is 49.5. The van der Waals surface area contributed by atoms with Gasteiger partial charge in [0, 0.05) is 22.6 Å². The molecule has 0 aromatic heterocycles. The molecule has 0 fully saturated rings. The smallest absolute Gasteiger partial charge is 0.418 e. The lowest BCUT2D eigenvalue weighted by Crippen LogP contribution is -2.19. The number of hydrogen-bond acceptors (Lipinski definition) is 9. The molecule has 6 aromatic carbocycles. The molecular formula is C109H175O9P3. The molecule has 0 radical (unpaired) electrons. The van der Waals surface area contributed by atoms with Crippen molar-refractivity contribution < 1.29 is 40.7 Å². The van der Waals surface area contributed by atoms with E-state index in [4.69, 9.17) is 40.7 Å². The van der Waals surface area contributed by atoms with Gasteiger partial charge in [-0.1, -0.05) is 397 Å². The Morgan fingerprint density at radius 2 is 0.471 bits per heavy atom. The van der Waals surface area contributed by atoms with Crippen LogP contribution in [-0.4, -0.2) is 19.8 Å². The maximum atomic E-state index is 7.31. The molecule has 0 N–H and O–H groups in total. The summed E-state index contributed by atoms with van der Waals surface area (Å²) < 4.78 is 63.0. The lowest BCUT2D eigenvalue weighted by Gasteiger charge is -2.33. The Morgan fingerprint density at radius 1 is 0.256 bits per heavy atom. The highest BCUT2D eigenvalue weighted by Gasteiger charge is 2.34. The fourth-order valence-corrected chi connectivity index (χ4v) is 19.7. The van der Waals surface area contributed by atoms with Crippen LogP contribution in [0.2, 0.25) is 0 Å². The first-order chi connectivity index (χ1) is 58.4. The lowest BCUT2D eigenvalue weighted by atomic mass is 9.74. The van der Waals surface area contributed by atoms with Crippen molar-refractivity contribution in [3.63, 3.8) is 0 Å². The molecule has 0 aliphatic rings. The van der Waals surface area contributed by atoms with Gasteiger partial charge in [-0.3, -0.25) is 13.6 Å². The van der Waals surface area contributed by atoms with Crippen LogP contribution in [0.3, 0.4) is 0 Å². The first kappa shape index (κ1) is 105. The van der Waals surface area contributed by atoms with E-state index in [1.54, 1.807) is 0 Å². The second-order valence-corrected chi connectivity index (χ2v) is 41.9. The average molecular weight is 1720 g/mol. The number of rotatable bonds is 68. The SMILES string of the molecule is CCCCCCCCCOP(Oc1ccc(CCCCCCCCC)cc1)Oc1cc(C)c(C(C)CC(c2cc(C(C)(C)C)c(OP(OCCCCCCCCC)Oc3ccc(CCCCCCCCC)cc3)cc2C)c2cc(C(C)(C)C)c(OP(OCCCCCCCCC)Oc3ccc(CCCCCCCCC)cc3)cc2C)cc1C(C)(C)C. The zero-order valence-electron chi connectivity index (χ0n) is 80.7. The van der Waals surface area contributed by atoms with E-state index >= 15 is 0 Å². The third kappa shape index (κ3) is 41.7. The minimum atomic E-state index is -1.84. The molecule has 4 unspecified atom stereocenters. The van der Waals surface area contributed by atoms with Gasteiger partial charge >= 0.3 is 25.8 Å². The fraction of sp³-hybridized carbons (Fsp3) is 0.670. The maximum absolute atomic E-state index is 7.31. The molecule has 0 heterocycles. The minimum Gasteiger partial charge on any atom is -0.418 e. The summed E-state index contributed by atoms with van der Waals surface area (Å²) in [5, 5.41) is 0. The van der Waals surface area contributed by atoms with Crippen LogP contribution < -0.4 is 27.1 Å². The number of unbranched alkanes of at least 4 members (excludes halogenated alkanes) is 36. The van der Waals surface area contributed by atoms with Crippen LogP contribution in [0, 0.1) is 20.8 Å². The molecule has 0 bridgehead atoms. The van der Waals surface area contributed by atoms with Gasteiger partial charge < -0.3 is 27.1 Å². The molecule has 680 valence electrons. The van der Waals surface area contributed by atoms with E-state index in [0.29, 0.717) is 19.8 Å². The van der Waals surface area contributed by atoms with E-state index in [2.05, 4.69) is 241 Å². The van der Waals surface area contributed by atoms with Crippen LogP contribution in [0.25, 0.3) is 0 Å². The van der Waals surface area contributed by atoms with Crippen molar-refractivity contribution in [2.24, 2.45) is 0 Å². The number of aryl methyl sites for hydroxylation is 6. The molecule has 0 aliphatic heterocycles. The zero-order chi connectivity index (χ0) is 87.5. The van der Waals surface area contributed by atoms with Gasteiger partial charge in [-0.15, -0.1) is 0 Å². The second-order valence-electron chi connectivity index (χ2n) is 38.7. The Kier molecular flexibility index (Phi) is 52.2. The van der Waals surface area contributed by atoms with Gasteiger partial charge in [0.2, 0.25) is 0 Å². The Hall–Kier alpha value is -4.71. The van der Waals surface area contributed by atoms with Crippen LogP contribution in [0.1, 0.15) is 465 Å². The lowest BCUT2D eigenvalue weighted by molar-refractivity contribution is 0.256. The number of benzene rings is 6. The van der Waals surface area contributed by atoms with E-state index in [-0.39, 0.29) is 28.1 Å². The summed E-state index contributed by atoms with van der Waals surface area (Å²) in [6, 6.07) is 40.5. The minimum absolute atomic E-state index is 0.0752. The molecule has 0 amide bonds. The van der Waals surface area contributed by atoms with Crippen molar-refractivity contribution >= 4 is 25.8 Å². The summed E-state index contributed by atoms with van der Waals surface area (Å²) >= 11 is 0. The van der Waals surface area contributed by atoms with Crippen LogP contribution >= 0.6 is 25.8 Å². The molecule has 12 heteroatoms. The predicted molar refractivity (Wildman–Crippen MR) is 525 cm³/mol. The summed E-state index contributed by atoms with van der Waals surface area (Å²) in [5.41, 5.74) is 13.8. The molecule has 0 aliphatic carbocycles. The largest absolute Gasteiger partial charge is 0.463 e. The van der Waals surface area contributed by atoms with Crippen LogP contribution in [-0.2, 0) is 49.1 Å². The standard InChI is InChI=1S/C109H175O9P3/c1-20-26-32-38-44-50-56-62-91-65-71-94(72-66-91)113-119(110-77-59-53-47-41-35-29-23-4)116-104-81-88(8)97(84-101(104)107(11,12)13)87(7)80-100(98-85-102(108(14,15)16)105(82-89(98)9)117-120(111-78-60-54-48-42-36-30-24-5)114-95-73-67-92(68-74-95)63-57-51-45-39-33-27-21-2)99-86-103(109(17,18)19)106(83-90(99)10)118-121(112-79-61-55-49-43-37-31-25-6)115-96-75-69-93(70-76-96)64-58-52-46-40-34-28-22-3/h65-76,81-87,100H,20-64,77-80H2,1-19H3. The summed E-state index contributed by atoms with van der Waals surface area (Å²) in [5.74, 6) is 4.75. The molecule has 6 aromatic rings. The van der Waals surface area contributed by atoms with Gasteiger partial charge in [0.1, 0.15) is 34.5 Å². The Morgan fingerprint density at radius 3 is 0.711 bits per heavy atom. The van der Waals surface area contributed by atoms with E-state index in [9.17, 15) is 0 Å². The highest BCUT2D eigenvalue weighted by molar-refractivity contribution is 7.43. The summed E-state index contributed by atoms with van der Waals surface area (Å²) in [6.45, 7) is 45.6. The molecule has 0 spiro atoms. The van der Waals surface area contributed by atoms with Gasteiger partial charge in [0.05, 0.1) is 19.8 Å². The third-order valence-corrected chi connectivity index (χ3v) is 27.6. The van der Waals surface area contributed by atoms with E-state index in [0.717, 1.165) is 127 Å². The normalized spacial score (nSPS) is 13.3. The van der Waals surface area contributed by atoms with Crippen molar-refractivity contribution in [2.45, 2.75) is 455 Å². The van der Waals surface area contributed by atoms with Crippen molar-refractivity contribution in [3.8, 4) is 34.5 Å². The fourth-order valence-electron chi connectivity index (χ4n) is 16.6. The van der Waals surface area contributed by atoms with Crippen LogP contribution in [0.15, 0.2) is 109 Å². The molecule has 121 heavy (non-hydrogen) atoms. The van der Waals surface area contributed by atoms with Gasteiger partial charge in [-0.2, -0.15) is 0 Å². The van der Waals surface area contributed by atoms with Crippen LogP contribution in [0.5, 0.6) is 34.5 Å².